The Morgan fingerprint density at radius 1 is 1.47 bits per heavy atom. The molecule has 0 aliphatic carbocycles. The van der Waals surface area contributed by atoms with Crippen LogP contribution in [0.3, 0.4) is 0 Å². The number of nitrogens with two attached hydrogens (primary N) is 1. The van der Waals surface area contributed by atoms with Crippen molar-refractivity contribution in [3.63, 3.8) is 0 Å². The van der Waals surface area contributed by atoms with Crippen LogP contribution in [0.5, 0.6) is 0 Å². The number of rotatable bonds is 2. The van der Waals surface area contributed by atoms with Crippen LogP contribution in [0.15, 0.2) is 24.4 Å². The Morgan fingerprint density at radius 3 is 2.93 bits per heavy atom. The van der Waals surface area contributed by atoms with Gasteiger partial charge in [-0.2, -0.15) is 0 Å². The van der Waals surface area contributed by atoms with E-state index < -0.39 is 0 Å². The van der Waals surface area contributed by atoms with Crippen LogP contribution in [0.1, 0.15) is 16.0 Å². The molecule has 0 bridgehead atoms. The van der Waals surface area contributed by atoms with Crippen molar-refractivity contribution < 1.29 is 0 Å². The summed E-state index contributed by atoms with van der Waals surface area (Å²) in [5.74, 6) is 0. The van der Waals surface area contributed by atoms with Crippen LogP contribution in [0, 0.1) is 6.92 Å². The average Bonchev–Trinajstić information content (AvgIpc) is 2.59. The summed E-state index contributed by atoms with van der Waals surface area (Å²) in [5.41, 5.74) is 7.80. The van der Waals surface area contributed by atoms with Crippen LogP contribution in [-0.4, -0.2) is 4.98 Å². The fraction of sp³-hybridized carbons (Fsp3) is 0.182. The Bertz CT molecular complexity index is 479. The quantitative estimate of drug-likeness (QED) is 0.872. The van der Waals surface area contributed by atoms with E-state index in [1.54, 1.807) is 6.20 Å². The van der Waals surface area contributed by atoms with Crippen LogP contribution >= 0.6 is 22.9 Å². The third-order valence-electron chi connectivity index (χ3n) is 2.21. The van der Waals surface area contributed by atoms with E-state index >= 15 is 0 Å². The third-order valence-corrected chi connectivity index (χ3v) is 3.58. The number of hydrogen-bond donors (Lipinski definition) is 1. The molecule has 2 nitrogen and oxygen atoms in total. The maximum Gasteiger partial charge on any atom is 0.180 e. The summed E-state index contributed by atoms with van der Waals surface area (Å²) in [7, 11) is 0. The number of nitrogens with zero attached hydrogens (tertiary/aromatic N) is 1. The molecule has 0 atom stereocenters. The predicted octanol–water partition coefficient (Wildman–Crippen LogP) is 3.28. The van der Waals surface area contributed by atoms with Crippen molar-refractivity contribution in [3.8, 4) is 0 Å². The van der Waals surface area contributed by atoms with Gasteiger partial charge in [-0.1, -0.05) is 29.8 Å². The van der Waals surface area contributed by atoms with Gasteiger partial charge in [-0.25, -0.2) is 4.98 Å². The molecule has 4 heteroatoms. The molecular weight excluding hydrogens is 228 g/mol. The van der Waals surface area contributed by atoms with E-state index in [0.717, 1.165) is 27.4 Å². The fourth-order valence-electron chi connectivity index (χ4n) is 1.44. The number of nitrogen functional groups attached to an aromatic ring is 1. The van der Waals surface area contributed by atoms with Crippen molar-refractivity contribution in [1.29, 1.82) is 0 Å². The van der Waals surface area contributed by atoms with E-state index in [4.69, 9.17) is 17.3 Å². The predicted molar refractivity (Wildman–Crippen MR) is 65.5 cm³/mol. The molecule has 1 aromatic heterocycles. The van der Waals surface area contributed by atoms with Gasteiger partial charge in [-0.05, 0) is 18.1 Å². The number of halogens is 1. The lowest BCUT2D eigenvalue weighted by molar-refractivity contribution is 1.20. The molecule has 15 heavy (non-hydrogen) atoms. The Balaban J connectivity index is 2.28. The first kappa shape index (κ1) is 10.5. The number of thiazole rings is 1. The lowest BCUT2D eigenvalue weighted by Crippen LogP contribution is -1.88. The van der Waals surface area contributed by atoms with Gasteiger partial charge in [0.05, 0.1) is 0 Å². The zero-order valence-corrected chi connectivity index (χ0v) is 9.90. The first-order valence-electron chi connectivity index (χ1n) is 4.61. The van der Waals surface area contributed by atoms with Crippen LogP contribution in [0.25, 0.3) is 0 Å². The Kier molecular flexibility index (Phi) is 2.93. The summed E-state index contributed by atoms with van der Waals surface area (Å²) >= 11 is 7.71. The number of aromatic nitrogens is 1. The fourth-order valence-corrected chi connectivity index (χ4v) is 2.34. The molecule has 0 aliphatic heterocycles. The highest BCUT2D eigenvalue weighted by Crippen LogP contribution is 2.25. The molecule has 0 radical (unpaired) electrons. The van der Waals surface area contributed by atoms with Gasteiger partial charge in [0, 0.05) is 22.5 Å². The SMILES string of the molecule is Cc1cccc(Cc2cnc(N)s2)c1Cl. The smallest absolute Gasteiger partial charge is 0.180 e. The highest BCUT2D eigenvalue weighted by Gasteiger charge is 2.05. The van der Waals surface area contributed by atoms with Crippen molar-refractivity contribution >= 4 is 28.1 Å². The lowest BCUT2D eigenvalue weighted by Gasteiger charge is -2.04. The number of aryl methyl sites for hydroxylation is 1. The normalized spacial score (nSPS) is 10.5. The molecule has 2 rings (SSSR count). The van der Waals surface area contributed by atoms with Crippen molar-refractivity contribution in [3.05, 3.63) is 45.4 Å². The molecule has 1 heterocycles. The second-order valence-electron chi connectivity index (χ2n) is 3.39. The van der Waals surface area contributed by atoms with Crippen LogP contribution in [-0.2, 0) is 6.42 Å². The Hall–Kier alpha value is -1.06. The molecular formula is C11H11ClN2S. The van der Waals surface area contributed by atoms with Gasteiger partial charge in [0.1, 0.15) is 0 Å². The van der Waals surface area contributed by atoms with Crippen LogP contribution < -0.4 is 5.73 Å². The largest absolute Gasteiger partial charge is 0.375 e. The molecule has 2 N–H and O–H groups in total. The van der Waals surface area contributed by atoms with Gasteiger partial charge in [0.25, 0.3) is 0 Å². The van der Waals surface area contributed by atoms with E-state index in [1.165, 1.54) is 11.3 Å². The van der Waals surface area contributed by atoms with Gasteiger partial charge in [0.15, 0.2) is 5.13 Å². The average molecular weight is 239 g/mol. The number of anilines is 1. The number of benzene rings is 1. The molecule has 0 saturated heterocycles. The van der Waals surface area contributed by atoms with Crippen molar-refractivity contribution in [1.82, 2.24) is 4.98 Å². The molecule has 0 aliphatic rings. The Morgan fingerprint density at radius 2 is 2.27 bits per heavy atom. The minimum atomic E-state index is 0.605. The first-order valence-corrected chi connectivity index (χ1v) is 5.80. The summed E-state index contributed by atoms with van der Waals surface area (Å²) in [4.78, 5) is 5.16. The van der Waals surface area contributed by atoms with Crippen LogP contribution in [0.2, 0.25) is 5.02 Å². The summed E-state index contributed by atoms with van der Waals surface area (Å²) in [6, 6.07) is 6.05. The lowest BCUT2D eigenvalue weighted by atomic mass is 10.1. The summed E-state index contributed by atoms with van der Waals surface area (Å²) < 4.78 is 0. The second kappa shape index (κ2) is 4.21. The molecule has 2 aromatic rings. The zero-order valence-electron chi connectivity index (χ0n) is 8.33. The Labute approximate surface area is 97.7 Å². The summed E-state index contributed by atoms with van der Waals surface area (Å²) in [5, 5.41) is 1.44. The van der Waals surface area contributed by atoms with Gasteiger partial charge in [0.2, 0.25) is 0 Å². The van der Waals surface area contributed by atoms with Gasteiger partial charge < -0.3 is 5.73 Å². The third kappa shape index (κ3) is 2.30. The van der Waals surface area contributed by atoms with Gasteiger partial charge >= 0.3 is 0 Å². The molecule has 0 amide bonds. The monoisotopic (exact) mass is 238 g/mol. The van der Waals surface area contributed by atoms with E-state index in [-0.39, 0.29) is 0 Å². The van der Waals surface area contributed by atoms with Crippen molar-refractivity contribution in [2.75, 3.05) is 5.73 Å². The van der Waals surface area contributed by atoms with E-state index in [1.807, 2.05) is 25.1 Å². The highest BCUT2D eigenvalue weighted by atomic mass is 35.5. The molecule has 0 spiro atoms. The van der Waals surface area contributed by atoms with E-state index in [2.05, 4.69) is 4.98 Å². The molecule has 0 saturated carbocycles. The standard InChI is InChI=1S/C11H11ClN2S/c1-7-3-2-4-8(10(7)12)5-9-6-14-11(13)15-9/h2-4,6H,5H2,1H3,(H2,13,14). The first-order chi connectivity index (χ1) is 7.16. The zero-order chi connectivity index (χ0) is 10.8. The summed E-state index contributed by atoms with van der Waals surface area (Å²) in [6.07, 6.45) is 2.61. The van der Waals surface area contributed by atoms with E-state index in [9.17, 15) is 0 Å². The van der Waals surface area contributed by atoms with Gasteiger partial charge in [-0.15, -0.1) is 11.3 Å². The molecule has 78 valence electrons. The second-order valence-corrected chi connectivity index (χ2v) is 4.91. The molecule has 1 aromatic carbocycles. The molecule has 0 fully saturated rings. The topological polar surface area (TPSA) is 38.9 Å². The van der Waals surface area contributed by atoms with Gasteiger partial charge in [-0.3, -0.25) is 0 Å². The molecule has 0 unspecified atom stereocenters. The number of hydrogen-bond acceptors (Lipinski definition) is 3. The van der Waals surface area contributed by atoms with Crippen molar-refractivity contribution in [2.45, 2.75) is 13.3 Å². The van der Waals surface area contributed by atoms with Crippen LogP contribution in [0.4, 0.5) is 5.13 Å². The van der Waals surface area contributed by atoms with E-state index in [0.29, 0.717) is 5.13 Å². The minimum absolute atomic E-state index is 0.605. The minimum Gasteiger partial charge on any atom is -0.375 e. The maximum absolute atomic E-state index is 6.20. The highest BCUT2D eigenvalue weighted by molar-refractivity contribution is 7.15. The van der Waals surface area contributed by atoms with Crippen molar-refractivity contribution in [2.24, 2.45) is 0 Å². The summed E-state index contributed by atoms with van der Waals surface area (Å²) in [6.45, 7) is 2.01. The maximum atomic E-state index is 6.20.